The number of benzene rings is 2. The van der Waals surface area contributed by atoms with E-state index in [1.165, 1.54) is 31.2 Å². The number of esters is 1. The molecule has 0 spiro atoms. The largest absolute Gasteiger partial charge is 0.449 e. The Kier molecular flexibility index (Phi) is 6.86. The molecule has 0 aliphatic carbocycles. The number of ether oxygens (including phenoxy) is 1. The number of carbonyl (C=O) groups excluding carboxylic acids is 2. The second-order valence-electron chi connectivity index (χ2n) is 5.93. The third-order valence-corrected chi connectivity index (χ3v) is 4.84. The van der Waals surface area contributed by atoms with Gasteiger partial charge in [0.25, 0.3) is 5.91 Å². The minimum atomic E-state index is -3.24. The number of hydrogen-bond acceptors (Lipinski definition) is 5. The van der Waals surface area contributed by atoms with Gasteiger partial charge in [-0.05, 0) is 42.8 Å². The second-order valence-corrected chi connectivity index (χ2v) is 8.92. The van der Waals surface area contributed by atoms with Gasteiger partial charge in [0, 0.05) is 11.3 Å². The minimum absolute atomic E-state index is 0.153. The predicted molar refractivity (Wildman–Crippen MR) is 105 cm³/mol. The Morgan fingerprint density at radius 3 is 2.48 bits per heavy atom. The van der Waals surface area contributed by atoms with Crippen LogP contribution in [0.1, 0.15) is 22.8 Å². The Balaban J connectivity index is 2.04. The van der Waals surface area contributed by atoms with Crippen LogP contribution in [-0.2, 0) is 25.1 Å². The molecule has 6 nitrogen and oxygen atoms in total. The predicted octanol–water partition coefficient (Wildman–Crippen LogP) is 3.72. The molecule has 9 heteroatoms. The number of sulfone groups is 1. The molecule has 0 radical (unpaired) electrons. The van der Waals surface area contributed by atoms with Crippen LogP contribution in [0.25, 0.3) is 0 Å². The van der Waals surface area contributed by atoms with E-state index in [2.05, 4.69) is 5.32 Å². The maximum atomic E-state index is 12.2. The summed E-state index contributed by atoms with van der Waals surface area (Å²) in [6.07, 6.45) is 0.00885. The van der Waals surface area contributed by atoms with Crippen molar-refractivity contribution in [3.63, 3.8) is 0 Å². The summed E-state index contributed by atoms with van der Waals surface area (Å²) in [5.74, 6) is -1.51. The Morgan fingerprint density at radius 2 is 1.85 bits per heavy atom. The molecule has 1 atom stereocenters. The molecule has 0 aromatic heterocycles. The van der Waals surface area contributed by atoms with Crippen LogP contribution in [0.5, 0.6) is 0 Å². The van der Waals surface area contributed by atoms with Crippen LogP contribution in [-0.4, -0.2) is 32.7 Å². The summed E-state index contributed by atoms with van der Waals surface area (Å²) in [4.78, 5) is 24.5. The van der Waals surface area contributed by atoms with E-state index in [9.17, 15) is 18.0 Å². The van der Waals surface area contributed by atoms with Gasteiger partial charge in [-0.2, -0.15) is 0 Å². The van der Waals surface area contributed by atoms with E-state index < -0.39 is 27.8 Å². The zero-order valence-electron chi connectivity index (χ0n) is 14.5. The smallest absolute Gasteiger partial charge is 0.338 e. The van der Waals surface area contributed by atoms with E-state index in [1.54, 1.807) is 18.2 Å². The first-order valence-corrected chi connectivity index (χ1v) is 10.6. The monoisotopic (exact) mass is 429 g/mol. The van der Waals surface area contributed by atoms with E-state index in [0.717, 1.165) is 6.26 Å². The number of amides is 1. The fraction of sp³-hybridized carbons (Fsp3) is 0.222. The van der Waals surface area contributed by atoms with Crippen molar-refractivity contribution in [1.82, 2.24) is 0 Å². The first kappa shape index (κ1) is 21.2. The number of halogens is 2. The van der Waals surface area contributed by atoms with Gasteiger partial charge >= 0.3 is 5.97 Å². The minimum Gasteiger partial charge on any atom is -0.449 e. The average molecular weight is 430 g/mol. The first-order chi connectivity index (χ1) is 12.5. The molecule has 2 aromatic rings. The zero-order valence-corrected chi connectivity index (χ0v) is 16.9. The van der Waals surface area contributed by atoms with Crippen LogP contribution < -0.4 is 5.32 Å². The molecule has 0 saturated heterocycles. The second kappa shape index (κ2) is 8.73. The first-order valence-electron chi connectivity index (χ1n) is 7.79. The van der Waals surface area contributed by atoms with Gasteiger partial charge in [0.15, 0.2) is 15.9 Å². The molecule has 0 fully saturated rings. The SMILES string of the molecule is CC(OC(=O)c1cccc(CS(C)(=O)=O)c1)C(=O)Nc1ccc(Cl)cc1Cl. The maximum absolute atomic E-state index is 12.2. The maximum Gasteiger partial charge on any atom is 0.338 e. The fourth-order valence-corrected chi connectivity index (χ4v) is 3.44. The zero-order chi connectivity index (χ0) is 20.2. The van der Waals surface area contributed by atoms with E-state index >= 15 is 0 Å². The molecule has 0 saturated carbocycles. The standard InChI is InChI=1S/C18H17Cl2NO5S/c1-11(17(22)21-16-7-6-14(19)9-15(16)20)26-18(23)13-5-3-4-12(8-13)10-27(2,24)25/h3-9,11H,10H2,1-2H3,(H,21,22). The summed E-state index contributed by atoms with van der Waals surface area (Å²) in [5, 5.41) is 3.23. The van der Waals surface area contributed by atoms with Crippen molar-refractivity contribution in [1.29, 1.82) is 0 Å². The lowest BCUT2D eigenvalue weighted by Gasteiger charge is -2.14. The van der Waals surface area contributed by atoms with Crippen molar-refractivity contribution in [2.24, 2.45) is 0 Å². The molecule has 1 amide bonds. The Hall–Kier alpha value is -2.09. The van der Waals surface area contributed by atoms with Crippen molar-refractivity contribution >= 4 is 50.6 Å². The Bertz CT molecular complexity index is 975. The number of rotatable bonds is 6. The van der Waals surface area contributed by atoms with Crippen LogP contribution >= 0.6 is 23.2 Å². The van der Waals surface area contributed by atoms with Crippen molar-refractivity contribution in [3.8, 4) is 0 Å². The quantitative estimate of drug-likeness (QED) is 0.706. The average Bonchev–Trinajstić information content (AvgIpc) is 2.55. The van der Waals surface area contributed by atoms with E-state index in [-0.39, 0.29) is 16.3 Å². The molecule has 2 aromatic carbocycles. The topological polar surface area (TPSA) is 89.5 Å². The van der Waals surface area contributed by atoms with Gasteiger partial charge in [-0.1, -0.05) is 35.3 Å². The van der Waals surface area contributed by atoms with Crippen molar-refractivity contribution in [2.75, 3.05) is 11.6 Å². The molecule has 2 rings (SSSR count). The highest BCUT2D eigenvalue weighted by atomic mass is 35.5. The number of hydrogen-bond donors (Lipinski definition) is 1. The van der Waals surface area contributed by atoms with Crippen molar-refractivity contribution in [2.45, 2.75) is 18.8 Å². The number of carbonyl (C=O) groups is 2. The number of nitrogens with one attached hydrogen (secondary N) is 1. The van der Waals surface area contributed by atoms with Crippen molar-refractivity contribution in [3.05, 3.63) is 63.6 Å². The highest BCUT2D eigenvalue weighted by Gasteiger charge is 2.20. The third-order valence-electron chi connectivity index (χ3n) is 3.43. The Labute approximate surface area is 167 Å². The summed E-state index contributed by atoms with van der Waals surface area (Å²) in [7, 11) is -3.24. The van der Waals surface area contributed by atoms with Crippen LogP contribution in [0.15, 0.2) is 42.5 Å². The molecule has 27 heavy (non-hydrogen) atoms. The summed E-state index contributed by atoms with van der Waals surface area (Å²) in [5.41, 5.74) is 0.946. The lowest BCUT2D eigenvalue weighted by molar-refractivity contribution is -0.123. The third kappa shape index (κ3) is 6.53. The van der Waals surface area contributed by atoms with E-state index in [0.29, 0.717) is 16.3 Å². The lowest BCUT2D eigenvalue weighted by Crippen LogP contribution is -2.30. The summed E-state index contributed by atoms with van der Waals surface area (Å²) in [6.45, 7) is 1.41. The van der Waals surface area contributed by atoms with Gasteiger partial charge in [0.05, 0.1) is 22.0 Å². The molecule has 0 aliphatic heterocycles. The normalized spacial score (nSPS) is 12.3. The highest BCUT2D eigenvalue weighted by Crippen LogP contribution is 2.25. The van der Waals surface area contributed by atoms with E-state index in [1.807, 2.05) is 0 Å². The molecular weight excluding hydrogens is 413 g/mol. The molecule has 0 bridgehead atoms. The van der Waals surface area contributed by atoms with Crippen LogP contribution in [0, 0.1) is 0 Å². The number of anilines is 1. The summed E-state index contributed by atoms with van der Waals surface area (Å²) < 4.78 is 27.9. The van der Waals surface area contributed by atoms with Gasteiger partial charge in [-0.25, -0.2) is 13.2 Å². The molecule has 144 valence electrons. The summed E-state index contributed by atoms with van der Waals surface area (Å²) >= 11 is 11.8. The molecule has 1 N–H and O–H groups in total. The summed E-state index contributed by atoms with van der Waals surface area (Å²) in [6, 6.07) is 10.6. The highest BCUT2D eigenvalue weighted by molar-refractivity contribution is 7.89. The van der Waals surface area contributed by atoms with Gasteiger partial charge < -0.3 is 10.1 Å². The molecular formula is C18H17Cl2NO5S. The fourth-order valence-electron chi connectivity index (χ4n) is 2.20. The van der Waals surface area contributed by atoms with Gasteiger partial charge in [-0.3, -0.25) is 4.79 Å². The van der Waals surface area contributed by atoms with Gasteiger partial charge in [0.2, 0.25) is 0 Å². The van der Waals surface area contributed by atoms with Crippen LogP contribution in [0.4, 0.5) is 5.69 Å². The Morgan fingerprint density at radius 1 is 1.15 bits per heavy atom. The van der Waals surface area contributed by atoms with Crippen molar-refractivity contribution < 1.29 is 22.7 Å². The molecule has 1 unspecified atom stereocenters. The van der Waals surface area contributed by atoms with Crippen LogP contribution in [0.3, 0.4) is 0 Å². The van der Waals surface area contributed by atoms with Gasteiger partial charge in [0.1, 0.15) is 0 Å². The molecule has 0 heterocycles. The van der Waals surface area contributed by atoms with Gasteiger partial charge in [-0.15, -0.1) is 0 Å². The lowest BCUT2D eigenvalue weighted by atomic mass is 10.1. The molecule has 0 aliphatic rings. The van der Waals surface area contributed by atoms with Crippen LogP contribution in [0.2, 0.25) is 10.0 Å². The van der Waals surface area contributed by atoms with E-state index in [4.69, 9.17) is 27.9 Å².